The van der Waals surface area contributed by atoms with Gasteiger partial charge in [-0.05, 0) is 19.8 Å². The molecule has 0 saturated heterocycles. The Morgan fingerprint density at radius 2 is 2.00 bits per heavy atom. The Morgan fingerprint density at radius 3 is 2.43 bits per heavy atom. The van der Waals surface area contributed by atoms with Crippen LogP contribution in [0.5, 0.6) is 0 Å². The molecule has 0 aliphatic heterocycles. The van der Waals surface area contributed by atoms with Crippen molar-refractivity contribution in [2.24, 2.45) is 0 Å². The molecule has 0 fully saturated rings. The van der Waals surface area contributed by atoms with Crippen LogP contribution in [0.25, 0.3) is 0 Å². The molecule has 78 valence electrons. The standard InChI is InChI=1S/C11H18N2O/c1-4-10-9(7-8-14)11(5-2)13(6-3)12-10/h8H,4-7H2,1-3H3. The van der Waals surface area contributed by atoms with Gasteiger partial charge in [-0.2, -0.15) is 5.10 Å². The minimum atomic E-state index is 0.506. The predicted molar refractivity (Wildman–Crippen MR) is 56.4 cm³/mol. The van der Waals surface area contributed by atoms with Crippen LogP contribution in [-0.2, 0) is 30.6 Å². The summed E-state index contributed by atoms with van der Waals surface area (Å²) in [7, 11) is 0. The zero-order chi connectivity index (χ0) is 10.6. The Bertz CT molecular complexity index is 315. The molecule has 3 nitrogen and oxygen atoms in total. The third kappa shape index (κ3) is 1.86. The van der Waals surface area contributed by atoms with Crippen LogP contribution in [0.2, 0.25) is 0 Å². The number of aromatic nitrogens is 2. The van der Waals surface area contributed by atoms with Gasteiger partial charge in [-0.25, -0.2) is 0 Å². The van der Waals surface area contributed by atoms with Gasteiger partial charge >= 0.3 is 0 Å². The van der Waals surface area contributed by atoms with Gasteiger partial charge in [0.05, 0.1) is 5.69 Å². The number of carbonyl (C=O) groups excluding carboxylic acids is 1. The summed E-state index contributed by atoms with van der Waals surface area (Å²) in [5, 5.41) is 4.49. The number of hydrogen-bond donors (Lipinski definition) is 0. The molecule has 1 rings (SSSR count). The molecule has 1 heterocycles. The van der Waals surface area contributed by atoms with Gasteiger partial charge in [-0.15, -0.1) is 0 Å². The molecule has 3 heteroatoms. The first kappa shape index (κ1) is 11.0. The number of rotatable bonds is 5. The van der Waals surface area contributed by atoms with Gasteiger partial charge < -0.3 is 4.79 Å². The molecule has 0 amide bonds. The molecule has 0 atom stereocenters. The van der Waals surface area contributed by atoms with E-state index in [9.17, 15) is 4.79 Å². The van der Waals surface area contributed by atoms with E-state index in [1.54, 1.807) is 0 Å². The molecule has 0 aliphatic rings. The fraction of sp³-hybridized carbons (Fsp3) is 0.636. The van der Waals surface area contributed by atoms with Gasteiger partial charge in [-0.3, -0.25) is 4.68 Å². The highest BCUT2D eigenvalue weighted by Gasteiger charge is 2.13. The summed E-state index contributed by atoms with van der Waals surface area (Å²) in [6.45, 7) is 7.15. The predicted octanol–water partition coefficient (Wildman–Crippen LogP) is 1.77. The highest BCUT2D eigenvalue weighted by Crippen LogP contribution is 2.16. The third-order valence-electron chi connectivity index (χ3n) is 2.51. The van der Waals surface area contributed by atoms with E-state index in [1.807, 2.05) is 4.68 Å². The lowest BCUT2D eigenvalue weighted by atomic mass is 10.1. The zero-order valence-corrected chi connectivity index (χ0v) is 9.21. The largest absolute Gasteiger partial charge is 0.303 e. The first-order valence-electron chi connectivity index (χ1n) is 5.29. The van der Waals surface area contributed by atoms with Crippen LogP contribution in [0, 0.1) is 0 Å². The number of aryl methyl sites for hydroxylation is 2. The van der Waals surface area contributed by atoms with Crippen LogP contribution in [-0.4, -0.2) is 16.1 Å². The average molecular weight is 194 g/mol. The Kier molecular flexibility index (Phi) is 3.86. The summed E-state index contributed by atoms with van der Waals surface area (Å²) in [6, 6.07) is 0. The lowest BCUT2D eigenvalue weighted by Gasteiger charge is -2.02. The summed E-state index contributed by atoms with van der Waals surface area (Å²) < 4.78 is 2.01. The summed E-state index contributed by atoms with van der Waals surface area (Å²) in [5.41, 5.74) is 3.44. The van der Waals surface area contributed by atoms with Crippen molar-refractivity contribution in [1.29, 1.82) is 0 Å². The van der Waals surface area contributed by atoms with Crippen LogP contribution < -0.4 is 0 Å². The lowest BCUT2D eigenvalue weighted by Crippen LogP contribution is -2.03. The van der Waals surface area contributed by atoms with Gasteiger partial charge in [0, 0.05) is 24.2 Å². The highest BCUT2D eigenvalue weighted by molar-refractivity contribution is 5.56. The van der Waals surface area contributed by atoms with Gasteiger partial charge in [0.25, 0.3) is 0 Å². The van der Waals surface area contributed by atoms with Crippen LogP contribution in [0.4, 0.5) is 0 Å². The minimum Gasteiger partial charge on any atom is -0.303 e. The zero-order valence-electron chi connectivity index (χ0n) is 9.21. The van der Waals surface area contributed by atoms with Gasteiger partial charge in [-0.1, -0.05) is 13.8 Å². The smallest absolute Gasteiger partial charge is 0.124 e. The summed E-state index contributed by atoms with van der Waals surface area (Å²) >= 11 is 0. The summed E-state index contributed by atoms with van der Waals surface area (Å²) in [6.07, 6.45) is 3.33. The maximum atomic E-state index is 10.6. The maximum Gasteiger partial charge on any atom is 0.124 e. The molecule has 0 radical (unpaired) electrons. The normalized spacial score (nSPS) is 10.5. The second kappa shape index (κ2) is 4.94. The second-order valence-electron chi connectivity index (χ2n) is 3.27. The fourth-order valence-electron chi connectivity index (χ4n) is 1.85. The second-order valence-corrected chi connectivity index (χ2v) is 3.27. The Labute approximate surface area is 85.1 Å². The van der Waals surface area contributed by atoms with Crippen LogP contribution in [0.1, 0.15) is 37.7 Å². The van der Waals surface area contributed by atoms with E-state index in [0.29, 0.717) is 6.42 Å². The third-order valence-corrected chi connectivity index (χ3v) is 2.51. The quantitative estimate of drug-likeness (QED) is 0.669. The van der Waals surface area contributed by atoms with Crippen LogP contribution >= 0.6 is 0 Å². The Balaban J connectivity index is 3.17. The van der Waals surface area contributed by atoms with Crippen molar-refractivity contribution in [1.82, 2.24) is 9.78 Å². The van der Waals surface area contributed by atoms with Gasteiger partial charge in [0.2, 0.25) is 0 Å². The summed E-state index contributed by atoms with van der Waals surface area (Å²) in [4.78, 5) is 10.6. The van der Waals surface area contributed by atoms with Crippen molar-refractivity contribution in [3.05, 3.63) is 17.0 Å². The molecule has 0 N–H and O–H groups in total. The molecule has 0 spiro atoms. The number of nitrogens with zero attached hydrogens (tertiary/aromatic N) is 2. The molecular formula is C11H18N2O. The SMILES string of the molecule is CCc1nn(CC)c(CC)c1CC=O. The summed E-state index contributed by atoms with van der Waals surface area (Å²) in [5.74, 6) is 0. The number of hydrogen-bond acceptors (Lipinski definition) is 2. The van der Waals surface area contributed by atoms with E-state index in [4.69, 9.17) is 0 Å². The van der Waals surface area contributed by atoms with Crippen molar-refractivity contribution < 1.29 is 4.79 Å². The molecule has 0 unspecified atom stereocenters. The maximum absolute atomic E-state index is 10.6. The van der Waals surface area contributed by atoms with Gasteiger partial charge in [0.15, 0.2) is 0 Å². The molecule has 0 bridgehead atoms. The van der Waals surface area contributed by atoms with E-state index in [-0.39, 0.29) is 0 Å². The van der Waals surface area contributed by atoms with Crippen molar-refractivity contribution in [3.8, 4) is 0 Å². The van der Waals surface area contributed by atoms with Crippen molar-refractivity contribution in [2.75, 3.05) is 0 Å². The molecule has 0 aliphatic carbocycles. The molecule has 0 saturated carbocycles. The van der Waals surface area contributed by atoms with E-state index in [2.05, 4.69) is 25.9 Å². The first-order valence-corrected chi connectivity index (χ1v) is 5.29. The van der Waals surface area contributed by atoms with E-state index in [1.165, 1.54) is 5.69 Å². The van der Waals surface area contributed by atoms with Crippen molar-refractivity contribution >= 4 is 6.29 Å². The fourth-order valence-corrected chi connectivity index (χ4v) is 1.85. The van der Waals surface area contributed by atoms with Crippen molar-refractivity contribution in [2.45, 2.75) is 46.6 Å². The van der Waals surface area contributed by atoms with E-state index >= 15 is 0 Å². The minimum absolute atomic E-state index is 0.506. The molecule has 1 aromatic heterocycles. The Morgan fingerprint density at radius 1 is 1.29 bits per heavy atom. The molecular weight excluding hydrogens is 176 g/mol. The van der Waals surface area contributed by atoms with Crippen LogP contribution in [0.15, 0.2) is 0 Å². The lowest BCUT2D eigenvalue weighted by molar-refractivity contribution is -0.107. The topological polar surface area (TPSA) is 34.9 Å². The first-order chi connectivity index (χ1) is 6.78. The number of aldehydes is 1. The molecule has 1 aromatic rings. The average Bonchev–Trinajstić information content (AvgIpc) is 2.56. The van der Waals surface area contributed by atoms with E-state index in [0.717, 1.165) is 36.9 Å². The number of carbonyl (C=O) groups is 1. The monoisotopic (exact) mass is 194 g/mol. The van der Waals surface area contributed by atoms with Crippen molar-refractivity contribution in [3.63, 3.8) is 0 Å². The Hall–Kier alpha value is -1.12. The molecule has 14 heavy (non-hydrogen) atoms. The highest BCUT2D eigenvalue weighted by atomic mass is 16.1. The van der Waals surface area contributed by atoms with Crippen LogP contribution in [0.3, 0.4) is 0 Å². The molecule has 0 aromatic carbocycles. The van der Waals surface area contributed by atoms with Gasteiger partial charge in [0.1, 0.15) is 6.29 Å². The van der Waals surface area contributed by atoms with E-state index < -0.39 is 0 Å².